The van der Waals surface area contributed by atoms with Gasteiger partial charge in [-0.1, -0.05) is 0 Å². The number of carbonyl (C=O) groups excluding carboxylic acids is 3. The number of aliphatic hydroxyl groups excluding tert-OH is 1. The fourth-order valence-electron chi connectivity index (χ4n) is 4.96. The molecule has 2 saturated heterocycles. The monoisotopic (exact) mass is 376 g/mol. The average molecular weight is 376 g/mol. The summed E-state index contributed by atoms with van der Waals surface area (Å²) in [4.78, 5) is 40.7. The van der Waals surface area contributed by atoms with Crippen molar-refractivity contribution in [3.63, 3.8) is 0 Å². The number of nitrogens with two attached hydrogens (primary N) is 1. The maximum absolute atomic E-state index is 14.0. The van der Waals surface area contributed by atoms with Gasteiger partial charge >= 0.3 is 0 Å². The molecule has 27 heavy (non-hydrogen) atoms. The standard InChI is InChI=1S/C19H22FN3O4/c1-8(24)14-12-13(16(26)23(15(12)25)18(2,3)4)19(22-14)10-7-9(20)5-6-11(10)21-17(19)27/h5-8,12-14,22,24H,1-4H3,(H,21,27)/p+1/t8-,12+,13+,14-,19+/m1/s1. The number of carbonyl (C=O) groups is 3. The first kappa shape index (κ1) is 18.1. The summed E-state index contributed by atoms with van der Waals surface area (Å²) >= 11 is 0. The van der Waals surface area contributed by atoms with Crippen LogP contribution in [-0.4, -0.2) is 45.4 Å². The zero-order chi connectivity index (χ0) is 19.9. The van der Waals surface area contributed by atoms with Crippen molar-refractivity contribution in [2.24, 2.45) is 11.8 Å². The molecule has 4 rings (SSSR count). The molecule has 8 heteroatoms. The van der Waals surface area contributed by atoms with Crippen molar-refractivity contribution in [2.75, 3.05) is 5.32 Å². The molecule has 0 radical (unpaired) electrons. The predicted octanol–water partition coefficient (Wildman–Crippen LogP) is -0.301. The molecule has 0 unspecified atom stereocenters. The first-order valence-corrected chi connectivity index (χ1v) is 9.03. The smallest absolute Gasteiger partial charge is 0.291 e. The molecule has 1 spiro atoms. The highest BCUT2D eigenvalue weighted by molar-refractivity contribution is 6.14. The Kier molecular flexibility index (Phi) is 3.58. The van der Waals surface area contributed by atoms with E-state index in [0.717, 1.165) is 0 Å². The minimum Gasteiger partial charge on any atom is -0.387 e. The van der Waals surface area contributed by atoms with Gasteiger partial charge in [0, 0.05) is 11.1 Å². The number of hydrogen-bond acceptors (Lipinski definition) is 4. The Hall–Kier alpha value is -2.32. The lowest BCUT2D eigenvalue weighted by Crippen LogP contribution is -3.00. The first-order chi connectivity index (χ1) is 12.5. The fraction of sp³-hybridized carbons (Fsp3) is 0.526. The van der Waals surface area contributed by atoms with Crippen molar-refractivity contribution in [2.45, 2.75) is 50.9 Å². The zero-order valence-electron chi connectivity index (χ0n) is 15.6. The summed E-state index contributed by atoms with van der Waals surface area (Å²) in [6.45, 7) is 6.79. The van der Waals surface area contributed by atoms with Gasteiger partial charge in [-0.25, -0.2) is 4.39 Å². The number of nitrogens with zero attached hydrogens (tertiary/aromatic N) is 1. The molecule has 3 amide bonds. The number of anilines is 1. The Bertz CT molecular complexity index is 878. The van der Waals surface area contributed by atoms with Crippen molar-refractivity contribution < 1.29 is 29.2 Å². The fourth-order valence-corrected chi connectivity index (χ4v) is 4.96. The Morgan fingerprint density at radius 3 is 2.52 bits per heavy atom. The lowest BCUT2D eigenvalue weighted by molar-refractivity contribution is -0.738. The number of aliphatic hydroxyl groups is 1. The van der Waals surface area contributed by atoms with Gasteiger partial charge in [0.25, 0.3) is 5.91 Å². The maximum Gasteiger partial charge on any atom is 0.291 e. The third-order valence-electron chi connectivity index (χ3n) is 5.99. The Balaban J connectivity index is 1.95. The number of hydrogen-bond donors (Lipinski definition) is 3. The minimum atomic E-state index is -1.46. The van der Waals surface area contributed by atoms with Crippen LogP contribution in [0.5, 0.6) is 0 Å². The molecule has 0 bridgehead atoms. The van der Waals surface area contributed by atoms with Crippen molar-refractivity contribution >= 4 is 23.4 Å². The number of halogens is 1. The maximum atomic E-state index is 14.0. The van der Waals surface area contributed by atoms with Crippen LogP contribution in [0.15, 0.2) is 18.2 Å². The zero-order valence-corrected chi connectivity index (χ0v) is 15.6. The van der Waals surface area contributed by atoms with Gasteiger partial charge in [0.15, 0.2) is 0 Å². The van der Waals surface area contributed by atoms with Crippen LogP contribution in [-0.2, 0) is 19.9 Å². The summed E-state index contributed by atoms with van der Waals surface area (Å²) in [6, 6.07) is 3.25. The average Bonchev–Trinajstić information content (AvgIpc) is 3.13. The lowest BCUT2D eigenvalue weighted by atomic mass is 9.76. The quantitative estimate of drug-likeness (QED) is 0.586. The van der Waals surface area contributed by atoms with Gasteiger partial charge in [-0.3, -0.25) is 19.3 Å². The van der Waals surface area contributed by atoms with Crippen LogP contribution in [0.3, 0.4) is 0 Å². The van der Waals surface area contributed by atoms with Gasteiger partial charge in [0.2, 0.25) is 17.4 Å². The van der Waals surface area contributed by atoms with E-state index in [1.54, 1.807) is 26.1 Å². The highest BCUT2D eigenvalue weighted by Crippen LogP contribution is 2.50. The second-order valence-electron chi connectivity index (χ2n) is 8.68. The number of amides is 3. The van der Waals surface area contributed by atoms with E-state index in [1.807, 2.05) is 0 Å². The minimum absolute atomic E-state index is 0.350. The van der Waals surface area contributed by atoms with E-state index in [9.17, 15) is 23.9 Å². The number of likely N-dealkylation sites (tertiary alicyclic amines) is 1. The summed E-state index contributed by atoms with van der Waals surface area (Å²) in [6.07, 6.45) is -0.932. The van der Waals surface area contributed by atoms with Gasteiger partial charge < -0.3 is 15.7 Å². The van der Waals surface area contributed by atoms with E-state index < -0.39 is 58.6 Å². The van der Waals surface area contributed by atoms with Crippen LogP contribution in [0.25, 0.3) is 0 Å². The Labute approximate surface area is 155 Å². The molecule has 0 aromatic heterocycles. The third kappa shape index (κ3) is 2.17. The highest BCUT2D eigenvalue weighted by Gasteiger charge is 2.75. The molecule has 5 atom stereocenters. The summed E-state index contributed by atoms with van der Waals surface area (Å²) in [5.74, 6) is -3.68. The molecular formula is C19H23FN3O4+. The van der Waals surface area contributed by atoms with Crippen LogP contribution >= 0.6 is 0 Å². The lowest BCUT2D eigenvalue weighted by Gasteiger charge is -2.33. The Morgan fingerprint density at radius 2 is 1.93 bits per heavy atom. The van der Waals surface area contributed by atoms with E-state index in [1.165, 1.54) is 30.0 Å². The van der Waals surface area contributed by atoms with Crippen molar-refractivity contribution in [1.29, 1.82) is 0 Å². The first-order valence-electron chi connectivity index (χ1n) is 9.03. The van der Waals surface area contributed by atoms with Gasteiger partial charge in [-0.2, -0.15) is 0 Å². The van der Waals surface area contributed by atoms with Crippen LogP contribution in [0.1, 0.15) is 33.3 Å². The van der Waals surface area contributed by atoms with E-state index in [4.69, 9.17) is 0 Å². The molecule has 2 fully saturated rings. The van der Waals surface area contributed by atoms with Crippen LogP contribution in [0, 0.1) is 17.7 Å². The highest BCUT2D eigenvalue weighted by atomic mass is 19.1. The number of benzene rings is 1. The SMILES string of the molecule is C[C@@H](O)[C@H]1[NH2+][C@]2(C(=O)Nc3ccc(F)cc32)[C@@H]2C(=O)N(C(C)(C)C)C(=O)[C@H]12. The summed E-state index contributed by atoms with van der Waals surface area (Å²) in [5, 5.41) is 14.6. The van der Waals surface area contributed by atoms with Crippen LogP contribution in [0.2, 0.25) is 0 Å². The van der Waals surface area contributed by atoms with Crippen LogP contribution < -0.4 is 10.6 Å². The molecular weight excluding hydrogens is 353 g/mol. The molecule has 144 valence electrons. The second kappa shape index (κ2) is 5.36. The van der Waals surface area contributed by atoms with Gasteiger partial charge in [0.1, 0.15) is 29.8 Å². The predicted molar refractivity (Wildman–Crippen MR) is 92.7 cm³/mol. The van der Waals surface area contributed by atoms with Gasteiger partial charge in [-0.05, 0) is 45.9 Å². The number of rotatable bonds is 1. The molecule has 3 heterocycles. The second-order valence-corrected chi connectivity index (χ2v) is 8.68. The van der Waals surface area contributed by atoms with Crippen molar-refractivity contribution in [3.05, 3.63) is 29.6 Å². The number of fused-ring (bicyclic) bond motifs is 4. The van der Waals surface area contributed by atoms with E-state index in [0.29, 0.717) is 11.3 Å². The van der Waals surface area contributed by atoms with Gasteiger partial charge in [0.05, 0.1) is 5.69 Å². The summed E-state index contributed by atoms with van der Waals surface area (Å²) in [5.41, 5.74) is -1.45. The molecule has 1 aromatic carbocycles. The van der Waals surface area contributed by atoms with Crippen molar-refractivity contribution in [3.8, 4) is 0 Å². The molecule has 3 aliphatic heterocycles. The molecule has 0 aliphatic carbocycles. The number of imide groups is 1. The summed E-state index contributed by atoms with van der Waals surface area (Å²) < 4.78 is 14.0. The Morgan fingerprint density at radius 1 is 1.26 bits per heavy atom. The third-order valence-corrected chi connectivity index (χ3v) is 5.99. The molecule has 0 saturated carbocycles. The topological polar surface area (TPSA) is 103 Å². The summed E-state index contributed by atoms with van der Waals surface area (Å²) in [7, 11) is 0. The molecule has 4 N–H and O–H groups in total. The molecule has 3 aliphatic rings. The van der Waals surface area contributed by atoms with E-state index in [2.05, 4.69) is 5.32 Å². The normalized spacial score (nSPS) is 33.5. The number of nitrogens with one attached hydrogen (secondary N) is 1. The van der Waals surface area contributed by atoms with E-state index >= 15 is 0 Å². The largest absolute Gasteiger partial charge is 0.387 e. The molecule has 7 nitrogen and oxygen atoms in total. The van der Waals surface area contributed by atoms with Gasteiger partial charge in [-0.15, -0.1) is 0 Å². The molecule has 1 aromatic rings. The van der Waals surface area contributed by atoms with E-state index in [-0.39, 0.29) is 0 Å². The van der Waals surface area contributed by atoms with Crippen molar-refractivity contribution in [1.82, 2.24) is 4.90 Å². The number of quaternary nitrogens is 1. The van der Waals surface area contributed by atoms with Crippen LogP contribution in [0.4, 0.5) is 10.1 Å².